The SMILES string of the molecule is O=C(c1cccc(Cl)c1)N1CCC(C(=O)N2CCCC2c2nc3ccncc3[nH]2)CC1. The molecule has 1 unspecified atom stereocenters. The summed E-state index contributed by atoms with van der Waals surface area (Å²) in [6, 6.07) is 8.87. The molecule has 0 radical (unpaired) electrons. The summed E-state index contributed by atoms with van der Waals surface area (Å²) >= 11 is 6.02. The third kappa shape index (κ3) is 3.90. The Labute approximate surface area is 185 Å². The van der Waals surface area contributed by atoms with Crippen LogP contribution in [0.1, 0.15) is 47.9 Å². The summed E-state index contributed by atoms with van der Waals surface area (Å²) in [6.07, 6.45) is 6.72. The van der Waals surface area contributed by atoms with Gasteiger partial charge in [-0.1, -0.05) is 17.7 Å². The number of rotatable bonds is 3. The zero-order valence-electron chi connectivity index (χ0n) is 17.1. The van der Waals surface area contributed by atoms with Crippen LogP contribution in [0.15, 0.2) is 42.7 Å². The van der Waals surface area contributed by atoms with Crippen molar-refractivity contribution in [2.24, 2.45) is 5.92 Å². The first-order chi connectivity index (χ1) is 15.1. The lowest BCUT2D eigenvalue weighted by Gasteiger charge is -2.34. The highest BCUT2D eigenvalue weighted by molar-refractivity contribution is 6.30. The maximum absolute atomic E-state index is 13.3. The Hall–Kier alpha value is -2.93. The van der Waals surface area contributed by atoms with Crippen LogP contribution in [0.3, 0.4) is 0 Å². The summed E-state index contributed by atoms with van der Waals surface area (Å²) in [6.45, 7) is 1.91. The van der Waals surface area contributed by atoms with Crippen molar-refractivity contribution in [2.45, 2.75) is 31.7 Å². The first-order valence-electron chi connectivity index (χ1n) is 10.7. The van der Waals surface area contributed by atoms with E-state index in [4.69, 9.17) is 16.6 Å². The third-order valence-corrected chi connectivity index (χ3v) is 6.59. The van der Waals surface area contributed by atoms with Gasteiger partial charge in [-0.25, -0.2) is 4.98 Å². The molecule has 2 fully saturated rings. The molecule has 2 aliphatic heterocycles. The molecule has 31 heavy (non-hydrogen) atoms. The highest BCUT2D eigenvalue weighted by atomic mass is 35.5. The molecular weight excluding hydrogens is 414 g/mol. The van der Waals surface area contributed by atoms with E-state index in [1.54, 1.807) is 36.7 Å². The molecule has 4 heterocycles. The number of hydrogen-bond donors (Lipinski definition) is 1. The Bertz CT molecular complexity index is 1090. The number of carbonyl (C=O) groups is 2. The van der Waals surface area contributed by atoms with Crippen LogP contribution in [0.4, 0.5) is 0 Å². The van der Waals surface area contributed by atoms with Crippen molar-refractivity contribution in [3.63, 3.8) is 0 Å². The smallest absolute Gasteiger partial charge is 0.253 e. The zero-order valence-corrected chi connectivity index (χ0v) is 17.9. The van der Waals surface area contributed by atoms with E-state index >= 15 is 0 Å². The van der Waals surface area contributed by atoms with Crippen LogP contribution < -0.4 is 0 Å². The van der Waals surface area contributed by atoms with Gasteiger partial charge in [-0.15, -0.1) is 0 Å². The van der Waals surface area contributed by atoms with Crippen molar-refractivity contribution in [1.29, 1.82) is 0 Å². The number of carbonyl (C=O) groups excluding carboxylic acids is 2. The number of imidazole rings is 1. The topological polar surface area (TPSA) is 82.2 Å². The molecule has 5 rings (SSSR count). The Morgan fingerprint density at radius 1 is 1.10 bits per heavy atom. The summed E-state index contributed by atoms with van der Waals surface area (Å²) in [4.78, 5) is 42.1. The van der Waals surface area contributed by atoms with Gasteiger partial charge < -0.3 is 14.8 Å². The van der Waals surface area contributed by atoms with Crippen LogP contribution in [0.5, 0.6) is 0 Å². The van der Waals surface area contributed by atoms with Crippen molar-refractivity contribution >= 4 is 34.4 Å². The molecule has 0 aliphatic carbocycles. The van der Waals surface area contributed by atoms with Gasteiger partial charge in [0.1, 0.15) is 5.82 Å². The number of benzene rings is 1. The minimum Gasteiger partial charge on any atom is -0.339 e. The van der Waals surface area contributed by atoms with E-state index in [2.05, 4.69) is 9.97 Å². The Morgan fingerprint density at radius 3 is 2.71 bits per heavy atom. The van der Waals surface area contributed by atoms with E-state index in [-0.39, 0.29) is 23.8 Å². The largest absolute Gasteiger partial charge is 0.339 e. The van der Waals surface area contributed by atoms with Gasteiger partial charge in [0.25, 0.3) is 5.91 Å². The number of H-pyrrole nitrogens is 1. The van der Waals surface area contributed by atoms with Crippen molar-refractivity contribution in [3.8, 4) is 0 Å². The number of hydrogen-bond acceptors (Lipinski definition) is 4. The molecular formula is C23H24ClN5O2. The second-order valence-corrected chi connectivity index (χ2v) is 8.72. The highest BCUT2D eigenvalue weighted by Crippen LogP contribution is 2.34. The molecule has 160 valence electrons. The fourth-order valence-electron chi connectivity index (χ4n) is 4.72. The fourth-order valence-corrected chi connectivity index (χ4v) is 4.91. The quantitative estimate of drug-likeness (QED) is 0.675. The van der Waals surface area contributed by atoms with Gasteiger partial charge in [-0.2, -0.15) is 0 Å². The van der Waals surface area contributed by atoms with Gasteiger partial charge in [0.15, 0.2) is 0 Å². The molecule has 2 aromatic heterocycles. The van der Waals surface area contributed by atoms with Gasteiger partial charge in [0, 0.05) is 42.3 Å². The van der Waals surface area contributed by atoms with Crippen LogP contribution in [0.2, 0.25) is 5.02 Å². The lowest BCUT2D eigenvalue weighted by molar-refractivity contribution is -0.138. The number of fused-ring (bicyclic) bond motifs is 1. The second kappa shape index (κ2) is 8.30. The molecule has 3 aromatic rings. The first-order valence-corrected chi connectivity index (χ1v) is 11.1. The summed E-state index contributed by atoms with van der Waals surface area (Å²) in [7, 11) is 0. The second-order valence-electron chi connectivity index (χ2n) is 8.28. The molecule has 2 aliphatic rings. The van der Waals surface area contributed by atoms with Crippen LogP contribution in [0.25, 0.3) is 11.0 Å². The van der Waals surface area contributed by atoms with E-state index in [9.17, 15) is 9.59 Å². The molecule has 0 spiro atoms. The molecule has 1 atom stereocenters. The third-order valence-electron chi connectivity index (χ3n) is 6.36. The average molecular weight is 438 g/mol. The lowest BCUT2D eigenvalue weighted by Crippen LogP contribution is -2.44. The number of piperidine rings is 1. The first kappa shape index (κ1) is 20.0. The molecule has 7 nitrogen and oxygen atoms in total. The Kier molecular flexibility index (Phi) is 5.36. The van der Waals surface area contributed by atoms with Crippen LogP contribution in [-0.2, 0) is 4.79 Å². The van der Waals surface area contributed by atoms with Crippen LogP contribution in [-0.4, -0.2) is 56.2 Å². The van der Waals surface area contributed by atoms with E-state index < -0.39 is 0 Å². The standard InChI is InChI=1S/C23H24ClN5O2/c24-17-4-1-3-16(13-17)22(30)28-11-7-15(8-12-28)23(31)29-10-2-5-20(29)21-26-18-6-9-25-14-19(18)27-21/h1,3-4,6,9,13-15,20H,2,5,7-8,10-12H2,(H,26,27). The summed E-state index contributed by atoms with van der Waals surface area (Å²) in [5, 5.41) is 0.553. The van der Waals surface area contributed by atoms with Crippen LogP contribution in [0, 0.1) is 5.92 Å². The maximum atomic E-state index is 13.3. The van der Waals surface area contributed by atoms with Gasteiger partial charge in [0.05, 0.1) is 23.3 Å². The van der Waals surface area contributed by atoms with Gasteiger partial charge in [-0.3, -0.25) is 14.6 Å². The average Bonchev–Trinajstić information content (AvgIpc) is 3.45. The van der Waals surface area contributed by atoms with Crippen molar-refractivity contribution in [1.82, 2.24) is 24.8 Å². The summed E-state index contributed by atoms with van der Waals surface area (Å²) in [5.74, 6) is 0.928. The molecule has 1 aromatic carbocycles. The summed E-state index contributed by atoms with van der Waals surface area (Å²) in [5.41, 5.74) is 2.36. The minimum absolute atomic E-state index is 0.0222. The molecule has 2 amide bonds. The predicted molar refractivity (Wildman–Crippen MR) is 118 cm³/mol. The highest BCUT2D eigenvalue weighted by Gasteiger charge is 2.37. The maximum Gasteiger partial charge on any atom is 0.253 e. The molecule has 8 heteroatoms. The number of nitrogens with zero attached hydrogens (tertiary/aromatic N) is 4. The van der Waals surface area contributed by atoms with Crippen molar-refractivity contribution < 1.29 is 9.59 Å². The molecule has 2 saturated heterocycles. The lowest BCUT2D eigenvalue weighted by atomic mass is 9.94. The van der Waals surface area contributed by atoms with Gasteiger partial charge in [0.2, 0.25) is 5.91 Å². The van der Waals surface area contributed by atoms with Crippen molar-refractivity contribution in [2.75, 3.05) is 19.6 Å². The normalized spacial score (nSPS) is 19.8. The number of likely N-dealkylation sites (tertiary alicyclic amines) is 2. The Balaban J connectivity index is 1.25. The monoisotopic (exact) mass is 437 g/mol. The minimum atomic E-state index is -0.0601. The zero-order chi connectivity index (χ0) is 21.4. The molecule has 0 saturated carbocycles. The number of nitrogens with one attached hydrogen (secondary N) is 1. The van der Waals surface area contributed by atoms with E-state index in [1.165, 1.54) is 0 Å². The van der Waals surface area contributed by atoms with E-state index in [0.29, 0.717) is 36.5 Å². The van der Waals surface area contributed by atoms with Gasteiger partial charge >= 0.3 is 0 Å². The Morgan fingerprint density at radius 2 is 1.94 bits per heavy atom. The van der Waals surface area contributed by atoms with Crippen LogP contribution >= 0.6 is 11.6 Å². The van der Waals surface area contributed by atoms with E-state index in [0.717, 1.165) is 36.2 Å². The summed E-state index contributed by atoms with van der Waals surface area (Å²) < 4.78 is 0. The van der Waals surface area contributed by atoms with E-state index in [1.807, 2.05) is 15.9 Å². The van der Waals surface area contributed by atoms with Gasteiger partial charge in [-0.05, 0) is 49.9 Å². The number of amides is 2. The predicted octanol–water partition coefficient (Wildman–Crippen LogP) is 3.83. The van der Waals surface area contributed by atoms with Crippen molar-refractivity contribution in [3.05, 3.63) is 59.1 Å². The molecule has 0 bridgehead atoms. The fraction of sp³-hybridized carbons (Fsp3) is 0.391. The number of aromatic nitrogens is 3. The number of pyridine rings is 1. The molecule has 1 N–H and O–H groups in total. The number of aromatic amines is 1. The number of halogens is 1.